The van der Waals surface area contributed by atoms with Crippen molar-refractivity contribution < 1.29 is 14.7 Å². The molecular weight excluding hydrogens is 268 g/mol. The summed E-state index contributed by atoms with van der Waals surface area (Å²) in [4.78, 5) is 27.4. The van der Waals surface area contributed by atoms with Crippen LogP contribution in [0.25, 0.3) is 0 Å². The Kier molecular flexibility index (Phi) is 4.21. The average molecular weight is 290 g/mol. The number of aliphatic carboxylic acids is 1. The maximum absolute atomic E-state index is 12.7. The molecular formula is C16H22N2O3. The van der Waals surface area contributed by atoms with E-state index in [4.69, 9.17) is 0 Å². The molecule has 0 aliphatic carbocycles. The Balaban J connectivity index is 2.19. The SMILES string of the molecule is CCN(C(=O)N1CCC(C)(C(=O)O)C1)c1ccccc1C. The number of nitrogens with zero attached hydrogens (tertiary/aromatic N) is 2. The van der Waals surface area contributed by atoms with Gasteiger partial charge in [0.25, 0.3) is 0 Å². The molecule has 1 atom stereocenters. The number of carboxylic acids is 1. The van der Waals surface area contributed by atoms with Gasteiger partial charge in [0.1, 0.15) is 0 Å². The van der Waals surface area contributed by atoms with Crippen LogP contribution in [0.2, 0.25) is 0 Å². The van der Waals surface area contributed by atoms with Gasteiger partial charge in [-0.05, 0) is 38.8 Å². The first-order chi connectivity index (χ1) is 9.89. The van der Waals surface area contributed by atoms with E-state index < -0.39 is 11.4 Å². The van der Waals surface area contributed by atoms with E-state index in [1.54, 1.807) is 16.7 Å². The van der Waals surface area contributed by atoms with Gasteiger partial charge in [0.2, 0.25) is 0 Å². The zero-order valence-electron chi connectivity index (χ0n) is 12.8. The largest absolute Gasteiger partial charge is 0.481 e. The standard InChI is InChI=1S/C16H22N2O3/c1-4-18(13-8-6-5-7-12(13)2)15(21)17-10-9-16(3,11-17)14(19)20/h5-8H,4,9-11H2,1-3H3,(H,19,20). The van der Waals surface area contributed by atoms with E-state index in [2.05, 4.69) is 0 Å². The van der Waals surface area contributed by atoms with E-state index in [0.717, 1.165) is 11.3 Å². The predicted octanol–water partition coefficient (Wildman–Crippen LogP) is 2.74. The molecule has 5 heteroatoms. The average Bonchev–Trinajstić information content (AvgIpc) is 2.85. The van der Waals surface area contributed by atoms with Crippen LogP contribution in [0.3, 0.4) is 0 Å². The zero-order valence-corrected chi connectivity index (χ0v) is 12.8. The van der Waals surface area contributed by atoms with Crippen molar-refractivity contribution in [2.24, 2.45) is 5.41 Å². The molecule has 1 heterocycles. The lowest BCUT2D eigenvalue weighted by molar-refractivity contribution is -0.146. The summed E-state index contributed by atoms with van der Waals surface area (Å²) in [6.07, 6.45) is 0.499. The molecule has 1 aromatic carbocycles. The lowest BCUT2D eigenvalue weighted by Gasteiger charge is -2.29. The van der Waals surface area contributed by atoms with Crippen LogP contribution in [-0.2, 0) is 4.79 Å². The maximum Gasteiger partial charge on any atom is 0.324 e. The number of anilines is 1. The number of para-hydroxylation sites is 1. The summed E-state index contributed by atoms with van der Waals surface area (Å²) in [5.74, 6) is -0.836. The Morgan fingerprint density at radius 1 is 1.38 bits per heavy atom. The maximum atomic E-state index is 12.7. The van der Waals surface area contributed by atoms with Crippen LogP contribution in [0.5, 0.6) is 0 Å². The van der Waals surface area contributed by atoms with Crippen molar-refractivity contribution >= 4 is 17.7 Å². The molecule has 2 rings (SSSR count). The second-order valence-electron chi connectivity index (χ2n) is 5.85. The highest BCUT2D eigenvalue weighted by molar-refractivity contribution is 5.93. The van der Waals surface area contributed by atoms with Crippen molar-refractivity contribution in [3.8, 4) is 0 Å². The predicted molar refractivity (Wildman–Crippen MR) is 81.5 cm³/mol. The molecule has 0 aromatic heterocycles. The van der Waals surface area contributed by atoms with Crippen molar-refractivity contribution in [2.45, 2.75) is 27.2 Å². The number of carbonyl (C=O) groups is 2. The van der Waals surface area contributed by atoms with Gasteiger partial charge in [-0.15, -0.1) is 0 Å². The topological polar surface area (TPSA) is 60.9 Å². The van der Waals surface area contributed by atoms with Gasteiger partial charge in [0.05, 0.1) is 5.41 Å². The Morgan fingerprint density at radius 2 is 2.05 bits per heavy atom. The van der Waals surface area contributed by atoms with Gasteiger partial charge < -0.3 is 10.0 Å². The molecule has 0 saturated carbocycles. The number of amides is 2. The zero-order chi connectivity index (χ0) is 15.6. The van der Waals surface area contributed by atoms with Crippen molar-refractivity contribution in [1.29, 1.82) is 0 Å². The fourth-order valence-electron chi connectivity index (χ4n) is 2.74. The fourth-order valence-corrected chi connectivity index (χ4v) is 2.74. The molecule has 1 aromatic rings. The van der Waals surface area contributed by atoms with E-state index in [1.165, 1.54) is 0 Å². The minimum absolute atomic E-state index is 0.114. The normalized spacial score (nSPS) is 21.4. The Morgan fingerprint density at radius 3 is 2.57 bits per heavy atom. The van der Waals surface area contributed by atoms with Crippen LogP contribution >= 0.6 is 0 Å². The van der Waals surface area contributed by atoms with E-state index in [9.17, 15) is 14.7 Å². The molecule has 114 valence electrons. The summed E-state index contributed by atoms with van der Waals surface area (Å²) in [7, 11) is 0. The Hall–Kier alpha value is -2.04. The highest BCUT2D eigenvalue weighted by Crippen LogP contribution is 2.31. The molecule has 2 amide bonds. The fraction of sp³-hybridized carbons (Fsp3) is 0.500. The molecule has 1 aliphatic heterocycles. The van der Waals surface area contributed by atoms with Crippen molar-refractivity contribution in [3.63, 3.8) is 0 Å². The molecule has 1 saturated heterocycles. The van der Waals surface area contributed by atoms with Gasteiger partial charge in [-0.2, -0.15) is 0 Å². The lowest BCUT2D eigenvalue weighted by Crippen LogP contribution is -2.44. The number of rotatable bonds is 3. The summed E-state index contributed by atoms with van der Waals surface area (Å²) in [6.45, 7) is 6.91. The van der Waals surface area contributed by atoms with E-state index in [1.807, 2.05) is 38.1 Å². The summed E-state index contributed by atoms with van der Waals surface area (Å²) < 4.78 is 0. The van der Waals surface area contributed by atoms with Gasteiger partial charge in [0.15, 0.2) is 0 Å². The van der Waals surface area contributed by atoms with Gasteiger partial charge >= 0.3 is 12.0 Å². The van der Waals surface area contributed by atoms with Crippen LogP contribution in [0, 0.1) is 12.3 Å². The number of carboxylic acid groups (broad SMARTS) is 1. The number of urea groups is 1. The minimum atomic E-state index is -0.836. The number of hydrogen-bond donors (Lipinski definition) is 1. The van der Waals surface area contributed by atoms with Gasteiger partial charge in [-0.1, -0.05) is 18.2 Å². The molecule has 1 unspecified atom stereocenters. The lowest BCUT2D eigenvalue weighted by atomic mass is 9.90. The summed E-state index contributed by atoms with van der Waals surface area (Å²) in [6, 6.07) is 7.62. The molecule has 1 fully saturated rings. The second kappa shape index (κ2) is 5.76. The summed E-state index contributed by atoms with van der Waals surface area (Å²) in [5.41, 5.74) is 1.09. The van der Waals surface area contributed by atoms with Crippen LogP contribution in [0.1, 0.15) is 25.8 Å². The quantitative estimate of drug-likeness (QED) is 0.931. The van der Waals surface area contributed by atoms with Crippen molar-refractivity contribution in [3.05, 3.63) is 29.8 Å². The number of benzene rings is 1. The highest BCUT2D eigenvalue weighted by Gasteiger charge is 2.43. The van der Waals surface area contributed by atoms with Crippen molar-refractivity contribution in [1.82, 2.24) is 4.90 Å². The molecule has 1 N–H and O–H groups in total. The number of hydrogen-bond acceptors (Lipinski definition) is 2. The smallest absolute Gasteiger partial charge is 0.324 e. The Labute approximate surface area is 125 Å². The molecule has 0 radical (unpaired) electrons. The number of likely N-dealkylation sites (tertiary alicyclic amines) is 1. The second-order valence-corrected chi connectivity index (χ2v) is 5.85. The highest BCUT2D eigenvalue weighted by atomic mass is 16.4. The first-order valence-electron chi connectivity index (χ1n) is 7.24. The van der Waals surface area contributed by atoms with E-state index >= 15 is 0 Å². The molecule has 0 spiro atoms. The molecule has 5 nitrogen and oxygen atoms in total. The van der Waals surface area contributed by atoms with Crippen LogP contribution in [0.15, 0.2) is 24.3 Å². The number of aryl methyl sites for hydroxylation is 1. The van der Waals surface area contributed by atoms with Gasteiger partial charge in [0, 0.05) is 25.3 Å². The van der Waals surface area contributed by atoms with E-state index in [0.29, 0.717) is 19.5 Å². The third-order valence-corrected chi connectivity index (χ3v) is 4.21. The third-order valence-electron chi connectivity index (χ3n) is 4.21. The van der Waals surface area contributed by atoms with Crippen LogP contribution in [0.4, 0.5) is 10.5 Å². The van der Waals surface area contributed by atoms with Gasteiger partial charge in [-0.25, -0.2) is 4.79 Å². The van der Waals surface area contributed by atoms with Crippen LogP contribution in [-0.4, -0.2) is 41.6 Å². The summed E-state index contributed by atoms with van der Waals surface area (Å²) in [5, 5.41) is 9.28. The monoisotopic (exact) mass is 290 g/mol. The molecule has 0 bridgehead atoms. The first kappa shape index (κ1) is 15.4. The Bertz CT molecular complexity index is 558. The molecule has 1 aliphatic rings. The number of carbonyl (C=O) groups excluding carboxylic acids is 1. The van der Waals surface area contributed by atoms with Crippen LogP contribution < -0.4 is 4.90 Å². The first-order valence-corrected chi connectivity index (χ1v) is 7.24. The third kappa shape index (κ3) is 2.86. The molecule has 21 heavy (non-hydrogen) atoms. The van der Waals surface area contributed by atoms with E-state index in [-0.39, 0.29) is 12.6 Å². The summed E-state index contributed by atoms with van der Waals surface area (Å²) >= 11 is 0. The minimum Gasteiger partial charge on any atom is -0.481 e. The van der Waals surface area contributed by atoms with Gasteiger partial charge in [-0.3, -0.25) is 9.69 Å². The van der Waals surface area contributed by atoms with Crippen molar-refractivity contribution in [2.75, 3.05) is 24.5 Å².